The Hall–Kier alpha value is -2.77. The molecule has 3 aromatic rings. The smallest absolute Gasteiger partial charge is 0.406 e. The molecule has 1 saturated heterocycles. The third-order valence-corrected chi connectivity index (χ3v) is 4.39. The Morgan fingerprint density at radius 3 is 2.58 bits per heavy atom. The highest BCUT2D eigenvalue weighted by Gasteiger charge is 2.31. The van der Waals surface area contributed by atoms with Crippen LogP contribution in [0.5, 0.6) is 5.75 Å². The second-order valence-corrected chi connectivity index (χ2v) is 6.23. The summed E-state index contributed by atoms with van der Waals surface area (Å²) < 4.78 is 43.1. The summed E-state index contributed by atoms with van der Waals surface area (Å²) in [5.74, 6) is 0.580. The normalized spacial score (nSPS) is 15.4. The van der Waals surface area contributed by atoms with Crippen LogP contribution in [0.3, 0.4) is 0 Å². The fraction of sp³-hybridized carbons (Fsp3) is 0.333. The summed E-state index contributed by atoms with van der Waals surface area (Å²) >= 11 is 0. The fourth-order valence-corrected chi connectivity index (χ4v) is 3.20. The molecular formula is C18H17F3N4O. The molecule has 0 amide bonds. The fourth-order valence-electron chi connectivity index (χ4n) is 3.20. The number of benzene rings is 1. The Kier molecular flexibility index (Phi) is 4.18. The second-order valence-electron chi connectivity index (χ2n) is 6.23. The first-order valence-electron chi connectivity index (χ1n) is 8.45. The van der Waals surface area contributed by atoms with Crippen LogP contribution in [0.2, 0.25) is 0 Å². The number of halogens is 3. The van der Waals surface area contributed by atoms with Crippen molar-refractivity contribution in [1.29, 1.82) is 0 Å². The maximum atomic E-state index is 12.5. The minimum Gasteiger partial charge on any atom is -0.406 e. The number of hydrogen-bond donors (Lipinski definition) is 0. The van der Waals surface area contributed by atoms with Gasteiger partial charge < -0.3 is 9.64 Å². The second kappa shape index (κ2) is 6.51. The monoisotopic (exact) mass is 362 g/mol. The van der Waals surface area contributed by atoms with E-state index in [1.165, 1.54) is 24.6 Å². The number of aromatic nitrogens is 3. The van der Waals surface area contributed by atoms with E-state index in [1.807, 2.05) is 12.1 Å². The highest BCUT2D eigenvalue weighted by molar-refractivity contribution is 5.65. The number of alkyl halides is 3. The number of fused-ring (bicyclic) bond motifs is 1. The Morgan fingerprint density at radius 2 is 1.81 bits per heavy atom. The van der Waals surface area contributed by atoms with E-state index in [1.54, 1.807) is 16.8 Å². The van der Waals surface area contributed by atoms with Crippen molar-refractivity contribution in [2.45, 2.75) is 25.6 Å². The van der Waals surface area contributed by atoms with E-state index in [-0.39, 0.29) is 5.75 Å². The zero-order valence-corrected chi connectivity index (χ0v) is 13.9. The van der Waals surface area contributed by atoms with Crippen molar-refractivity contribution in [3.63, 3.8) is 0 Å². The predicted octanol–water partition coefficient (Wildman–Crippen LogP) is 4.29. The number of piperidine rings is 1. The zero-order chi connectivity index (χ0) is 18.1. The van der Waals surface area contributed by atoms with E-state index < -0.39 is 6.36 Å². The molecule has 5 nitrogen and oxygen atoms in total. The van der Waals surface area contributed by atoms with Gasteiger partial charge in [-0.25, -0.2) is 9.50 Å². The molecule has 0 saturated carbocycles. The lowest BCUT2D eigenvalue weighted by Gasteiger charge is -2.27. The molecule has 1 fully saturated rings. The van der Waals surface area contributed by atoms with Crippen LogP contribution < -0.4 is 9.64 Å². The van der Waals surface area contributed by atoms with Crippen molar-refractivity contribution in [2.24, 2.45) is 0 Å². The summed E-state index contributed by atoms with van der Waals surface area (Å²) in [5.41, 5.74) is 1.82. The summed E-state index contributed by atoms with van der Waals surface area (Å²) in [5, 5.41) is 4.66. The molecule has 1 aliphatic heterocycles. The topological polar surface area (TPSA) is 42.7 Å². The average molecular weight is 362 g/mol. The molecular weight excluding hydrogens is 345 g/mol. The van der Waals surface area contributed by atoms with E-state index in [9.17, 15) is 13.2 Å². The van der Waals surface area contributed by atoms with Crippen molar-refractivity contribution in [2.75, 3.05) is 18.0 Å². The maximum absolute atomic E-state index is 12.5. The van der Waals surface area contributed by atoms with Crippen LogP contribution in [0.4, 0.5) is 19.0 Å². The number of anilines is 1. The highest BCUT2D eigenvalue weighted by atomic mass is 19.4. The van der Waals surface area contributed by atoms with Gasteiger partial charge in [0.25, 0.3) is 0 Å². The van der Waals surface area contributed by atoms with Gasteiger partial charge in [0.1, 0.15) is 11.6 Å². The molecule has 8 heteroatoms. The van der Waals surface area contributed by atoms with Gasteiger partial charge in [0.15, 0.2) is 5.65 Å². The molecule has 1 aromatic carbocycles. The zero-order valence-electron chi connectivity index (χ0n) is 13.9. The van der Waals surface area contributed by atoms with Gasteiger partial charge in [-0.05, 0) is 43.5 Å². The van der Waals surface area contributed by atoms with Crippen LogP contribution >= 0.6 is 0 Å². The van der Waals surface area contributed by atoms with Crippen molar-refractivity contribution < 1.29 is 17.9 Å². The molecule has 1 aliphatic rings. The number of rotatable bonds is 3. The molecule has 136 valence electrons. The Balaban J connectivity index is 1.71. The number of ether oxygens (including phenoxy) is 1. The first kappa shape index (κ1) is 16.7. The Bertz CT molecular complexity index is 916. The quantitative estimate of drug-likeness (QED) is 0.697. The van der Waals surface area contributed by atoms with Gasteiger partial charge in [-0.3, -0.25) is 0 Å². The predicted molar refractivity (Wildman–Crippen MR) is 91.2 cm³/mol. The molecule has 0 aliphatic carbocycles. The van der Waals surface area contributed by atoms with Gasteiger partial charge in [0, 0.05) is 18.7 Å². The van der Waals surface area contributed by atoms with E-state index >= 15 is 0 Å². The summed E-state index contributed by atoms with van der Waals surface area (Å²) in [6, 6.07) is 9.64. The third kappa shape index (κ3) is 3.44. The van der Waals surface area contributed by atoms with E-state index in [0.717, 1.165) is 31.7 Å². The Morgan fingerprint density at radius 1 is 1.00 bits per heavy atom. The van der Waals surface area contributed by atoms with E-state index in [0.29, 0.717) is 16.9 Å². The lowest BCUT2D eigenvalue weighted by molar-refractivity contribution is -0.274. The van der Waals surface area contributed by atoms with Gasteiger partial charge in [-0.2, -0.15) is 0 Å². The van der Waals surface area contributed by atoms with Crippen molar-refractivity contribution in [3.8, 4) is 17.0 Å². The summed E-state index contributed by atoms with van der Waals surface area (Å²) in [6.45, 7) is 1.91. The van der Waals surface area contributed by atoms with Crippen LogP contribution in [0, 0.1) is 0 Å². The van der Waals surface area contributed by atoms with Crippen LogP contribution in [-0.2, 0) is 0 Å². The maximum Gasteiger partial charge on any atom is 0.573 e. The number of imidazole rings is 1. The number of nitrogens with zero attached hydrogens (tertiary/aromatic N) is 4. The van der Waals surface area contributed by atoms with Crippen LogP contribution in [0.1, 0.15) is 19.3 Å². The van der Waals surface area contributed by atoms with Gasteiger partial charge in [0.2, 0.25) is 0 Å². The van der Waals surface area contributed by atoms with Gasteiger partial charge in [-0.1, -0.05) is 12.1 Å². The summed E-state index contributed by atoms with van der Waals surface area (Å²) in [7, 11) is 0. The molecule has 0 spiro atoms. The van der Waals surface area contributed by atoms with Gasteiger partial charge >= 0.3 is 6.36 Å². The molecule has 0 radical (unpaired) electrons. The minimum absolute atomic E-state index is 0.267. The lowest BCUT2D eigenvalue weighted by Crippen LogP contribution is -2.30. The highest BCUT2D eigenvalue weighted by Crippen LogP contribution is 2.29. The standard InChI is InChI=1S/C18H17F3N4O/c19-18(20,21)26-14-6-4-5-13(11-14)15-12-22-16-7-8-17(23-25(15)16)24-9-2-1-3-10-24/h4-8,11-12H,1-3,9-10H2. The SMILES string of the molecule is FC(F)(F)Oc1cccc(-c2cnc3ccc(N4CCCCC4)nn23)c1. The number of hydrogen-bond acceptors (Lipinski definition) is 4. The van der Waals surface area contributed by atoms with Crippen molar-refractivity contribution in [1.82, 2.24) is 14.6 Å². The summed E-state index contributed by atoms with van der Waals surface area (Å²) in [4.78, 5) is 6.52. The van der Waals surface area contributed by atoms with E-state index in [4.69, 9.17) is 0 Å². The molecule has 0 bridgehead atoms. The first-order valence-corrected chi connectivity index (χ1v) is 8.45. The molecule has 2 aromatic heterocycles. The van der Waals surface area contributed by atoms with Gasteiger partial charge in [-0.15, -0.1) is 18.3 Å². The van der Waals surface area contributed by atoms with Crippen LogP contribution in [0.25, 0.3) is 16.9 Å². The Labute approximate surface area is 148 Å². The third-order valence-electron chi connectivity index (χ3n) is 4.39. The molecule has 0 atom stereocenters. The van der Waals surface area contributed by atoms with Crippen molar-refractivity contribution in [3.05, 3.63) is 42.6 Å². The summed E-state index contributed by atoms with van der Waals surface area (Å²) in [6.07, 6.45) is 0.370. The molecule has 26 heavy (non-hydrogen) atoms. The molecule has 3 heterocycles. The van der Waals surface area contributed by atoms with Gasteiger partial charge in [0.05, 0.1) is 11.9 Å². The van der Waals surface area contributed by atoms with Crippen molar-refractivity contribution >= 4 is 11.5 Å². The largest absolute Gasteiger partial charge is 0.573 e. The lowest BCUT2D eigenvalue weighted by atomic mass is 10.1. The molecule has 0 unspecified atom stereocenters. The van der Waals surface area contributed by atoms with Crippen LogP contribution in [0.15, 0.2) is 42.6 Å². The van der Waals surface area contributed by atoms with Crippen LogP contribution in [-0.4, -0.2) is 34.0 Å². The molecule has 0 N–H and O–H groups in total. The first-order chi connectivity index (χ1) is 12.5. The minimum atomic E-state index is -4.72. The average Bonchev–Trinajstić information content (AvgIpc) is 3.04. The van der Waals surface area contributed by atoms with E-state index in [2.05, 4.69) is 19.7 Å². The molecule has 4 rings (SSSR count).